The Morgan fingerprint density at radius 3 is 2.06 bits per heavy atom. The lowest BCUT2D eigenvalue weighted by atomic mass is 9.88. The van der Waals surface area contributed by atoms with E-state index < -0.39 is 0 Å². The van der Waals surface area contributed by atoms with E-state index >= 15 is 0 Å². The highest BCUT2D eigenvalue weighted by molar-refractivity contribution is 6.19. The number of hydrogen-bond acceptors (Lipinski definition) is 3. The van der Waals surface area contributed by atoms with E-state index in [0.717, 1.165) is 39.2 Å². The first-order valence-corrected chi connectivity index (χ1v) is 17.0. The van der Waals surface area contributed by atoms with Crippen molar-refractivity contribution in [2.24, 2.45) is 0 Å². The molecule has 50 heavy (non-hydrogen) atoms. The number of hydrogen-bond donors (Lipinski definition) is 0. The minimum atomic E-state index is 0.657. The quantitative estimate of drug-likeness (QED) is 0.193. The van der Waals surface area contributed by atoms with Crippen molar-refractivity contribution in [3.8, 4) is 28.1 Å². The Hall–Kier alpha value is -6.78. The predicted molar refractivity (Wildman–Crippen MR) is 208 cm³/mol. The fraction of sp³-hybridized carbons (Fsp3) is 0. The molecule has 0 aliphatic carbocycles. The maximum absolute atomic E-state index is 5.49. The largest absolute Gasteiger partial charge is 0.309 e. The molecule has 3 heterocycles. The lowest BCUT2D eigenvalue weighted by Gasteiger charge is -2.33. The molecule has 0 unspecified atom stereocenters. The number of fused-ring (bicyclic) bond motifs is 8. The standard InChI is InChI=1S/C46H28N4/c1-2-15-32(16-3-1)49-39-22-9-7-18-34(39)37-28-31(25-26-40(37)49)45-35-19-6-8-21-38(35)47-46(48-45)50-41-23-11-14-30-13-10-20-36(43(30)41)44-33-17-5-4-12-29(33)24-27-42(44)50/h1-28H. The van der Waals surface area contributed by atoms with Crippen LogP contribution in [0.3, 0.4) is 0 Å². The molecule has 1 aliphatic heterocycles. The van der Waals surface area contributed by atoms with Crippen LogP contribution in [0.1, 0.15) is 0 Å². The third kappa shape index (κ3) is 3.81. The summed E-state index contributed by atoms with van der Waals surface area (Å²) in [5.41, 5.74) is 11.0. The number of aromatic nitrogens is 3. The van der Waals surface area contributed by atoms with Gasteiger partial charge in [-0.3, -0.25) is 4.90 Å². The van der Waals surface area contributed by atoms with Crippen LogP contribution in [-0.4, -0.2) is 14.5 Å². The second kappa shape index (κ2) is 10.4. The molecule has 0 saturated carbocycles. The average Bonchev–Trinajstić information content (AvgIpc) is 3.51. The highest BCUT2D eigenvalue weighted by atomic mass is 15.3. The molecule has 0 N–H and O–H groups in total. The second-order valence-electron chi connectivity index (χ2n) is 13.0. The zero-order valence-corrected chi connectivity index (χ0v) is 27.0. The number of para-hydroxylation sites is 3. The van der Waals surface area contributed by atoms with Gasteiger partial charge in [-0.1, -0.05) is 121 Å². The topological polar surface area (TPSA) is 34.0 Å². The highest BCUT2D eigenvalue weighted by Gasteiger charge is 2.29. The number of rotatable bonds is 3. The number of nitrogens with zero attached hydrogens (tertiary/aromatic N) is 4. The molecule has 4 heteroatoms. The Balaban J connectivity index is 1.20. The van der Waals surface area contributed by atoms with E-state index in [4.69, 9.17) is 9.97 Å². The average molecular weight is 637 g/mol. The zero-order chi connectivity index (χ0) is 32.8. The molecule has 0 atom stereocenters. The van der Waals surface area contributed by atoms with Crippen molar-refractivity contribution in [1.82, 2.24) is 14.5 Å². The Bertz CT molecular complexity index is 2990. The van der Waals surface area contributed by atoms with Gasteiger partial charge >= 0.3 is 0 Å². The van der Waals surface area contributed by atoms with Crippen molar-refractivity contribution in [2.75, 3.05) is 4.90 Å². The van der Waals surface area contributed by atoms with E-state index in [2.05, 4.69) is 179 Å². The fourth-order valence-electron chi connectivity index (χ4n) is 8.15. The predicted octanol–water partition coefficient (Wildman–Crippen LogP) is 12.2. The molecule has 0 fully saturated rings. The smallest absolute Gasteiger partial charge is 0.235 e. The van der Waals surface area contributed by atoms with Gasteiger partial charge in [-0.05, 0) is 70.3 Å². The Labute approximate surface area is 288 Å². The fourth-order valence-corrected chi connectivity index (χ4v) is 8.15. The first kappa shape index (κ1) is 27.2. The van der Waals surface area contributed by atoms with Gasteiger partial charge in [0.1, 0.15) is 0 Å². The van der Waals surface area contributed by atoms with E-state index in [1.54, 1.807) is 0 Å². The molecule has 0 saturated heterocycles. The monoisotopic (exact) mass is 636 g/mol. The molecule has 0 spiro atoms. The van der Waals surface area contributed by atoms with Gasteiger partial charge in [-0.25, -0.2) is 9.97 Å². The summed E-state index contributed by atoms with van der Waals surface area (Å²) < 4.78 is 2.35. The van der Waals surface area contributed by atoms with Gasteiger partial charge in [0.2, 0.25) is 5.95 Å². The molecule has 0 bridgehead atoms. The number of benzene rings is 8. The second-order valence-corrected chi connectivity index (χ2v) is 13.0. The van der Waals surface area contributed by atoms with Gasteiger partial charge in [0.05, 0.1) is 33.6 Å². The highest BCUT2D eigenvalue weighted by Crippen LogP contribution is 2.52. The molecule has 2 aromatic heterocycles. The van der Waals surface area contributed by atoms with Crippen molar-refractivity contribution in [3.05, 3.63) is 170 Å². The van der Waals surface area contributed by atoms with Crippen molar-refractivity contribution in [1.29, 1.82) is 0 Å². The van der Waals surface area contributed by atoms with Crippen molar-refractivity contribution in [3.63, 3.8) is 0 Å². The third-order valence-electron chi connectivity index (χ3n) is 10.3. The van der Waals surface area contributed by atoms with Crippen molar-refractivity contribution in [2.45, 2.75) is 0 Å². The van der Waals surface area contributed by atoms with Gasteiger partial charge < -0.3 is 4.57 Å². The van der Waals surface area contributed by atoms with Crippen LogP contribution in [0, 0.1) is 0 Å². The van der Waals surface area contributed by atoms with Gasteiger partial charge in [0.25, 0.3) is 0 Å². The lowest BCUT2D eigenvalue weighted by Crippen LogP contribution is -2.18. The summed E-state index contributed by atoms with van der Waals surface area (Å²) in [4.78, 5) is 13.1. The summed E-state index contributed by atoms with van der Waals surface area (Å²) in [6.07, 6.45) is 0. The molecule has 0 radical (unpaired) electrons. The van der Waals surface area contributed by atoms with Crippen LogP contribution in [0.4, 0.5) is 17.3 Å². The summed E-state index contributed by atoms with van der Waals surface area (Å²) in [6.45, 7) is 0. The summed E-state index contributed by atoms with van der Waals surface area (Å²) in [5, 5.41) is 8.28. The molecular formula is C46H28N4. The summed E-state index contributed by atoms with van der Waals surface area (Å²) in [7, 11) is 0. The maximum Gasteiger partial charge on any atom is 0.235 e. The Kier molecular flexibility index (Phi) is 5.63. The van der Waals surface area contributed by atoms with Gasteiger partial charge in [-0.15, -0.1) is 0 Å². The SMILES string of the molecule is c1ccc(-n2c3ccccc3c3cc(-c4nc(N5c6ccc7ccccc7c6-c6cccc7cccc5c67)nc5ccccc45)ccc32)cc1. The molecule has 0 amide bonds. The molecule has 11 rings (SSSR count). The van der Waals surface area contributed by atoms with Crippen LogP contribution in [0.15, 0.2) is 170 Å². The van der Waals surface area contributed by atoms with E-state index in [0.29, 0.717) is 5.95 Å². The molecular weight excluding hydrogens is 609 g/mol. The van der Waals surface area contributed by atoms with Gasteiger partial charge in [0.15, 0.2) is 0 Å². The van der Waals surface area contributed by atoms with Crippen LogP contribution in [0.5, 0.6) is 0 Å². The molecule has 232 valence electrons. The Morgan fingerprint density at radius 2 is 1.16 bits per heavy atom. The van der Waals surface area contributed by atoms with Gasteiger partial charge in [-0.2, -0.15) is 0 Å². The molecule has 10 aromatic rings. The van der Waals surface area contributed by atoms with E-state index in [1.165, 1.54) is 54.5 Å². The van der Waals surface area contributed by atoms with E-state index in [1.807, 2.05) is 0 Å². The summed E-state index contributed by atoms with van der Waals surface area (Å²) in [5.74, 6) is 0.657. The molecule has 8 aromatic carbocycles. The maximum atomic E-state index is 5.49. The van der Waals surface area contributed by atoms with Crippen LogP contribution >= 0.6 is 0 Å². The lowest BCUT2D eigenvalue weighted by molar-refractivity contribution is 1.11. The van der Waals surface area contributed by atoms with Crippen molar-refractivity contribution >= 4 is 71.6 Å². The van der Waals surface area contributed by atoms with Crippen LogP contribution in [0.25, 0.3) is 82.3 Å². The molecule has 1 aliphatic rings. The first-order chi connectivity index (χ1) is 24.8. The minimum Gasteiger partial charge on any atom is -0.309 e. The van der Waals surface area contributed by atoms with Crippen LogP contribution in [0.2, 0.25) is 0 Å². The zero-order valence-electron chi connectivity index (χ0n) is 27.0. The van der Waals surface area contributed by atoms with E-state index in [9.17, 15) is 0 Å². The normalized spacial score (nSPS) is 12.4. The van der Waals surface area contributed by atoms with Crippen LogP contribution in [-0.2, 0) is 0 Å². The summed E-state index contributed by atoms with van der Waals surface area (Å²) in [6, 6.07) is 60.7. The van der Waals surface area contributed by atoms with E-state index in [-0.39, 0.29) is 0 Å². The first-order valence-electron chi connectivity index (χ1n) is 17.0. The Morgan fingerprint density at radius 1 is 0.440 bits per heavy atom. The van der Waals surface area contributed by atoms with Crippen LogP contribution < -0.4 is 4.90 Å². The third-order valence-corrected chi connectivity index (χ3v) is 10.3. The molecule has 4 nitrogen and oxygen atoms in total. The van der Waals surface area contributed by atoms with Gasteiger partial charge in [0, 0.05) is 38.4 Å². The number of anilines is 3. The van der Waals surface area contributed by atoms with Crippen molar-refractivity contribution < 1.29 is 0 Å². The minimum absolute atomic E-state index is 0.657. The summed E-state index contributed by atoms with van der Waals surface area (Å²) >= 11 is 0.